The van der Waals surface area contributed by atoms with E-state index in [1.54, 1.807) is 18.2 Å². The lowest BCUT2D eigenvalue weighted by molar-refractivity contribution is -0.139. The van der Waals surface area contributed by atoms with Crippen molar-refractivity contribution in [1.29, 1.82) is 0 Å². The highest BCUT2D eigenvalue weighted by Crippen LogP contribution is 2.22. The number of carbonyl (C=O) groups is 2. The van der Waals surface area contributed by atoms with Crippen LogP contribution in [-0.2, 0) is 11.2 Å². The van der Waals surface area contributed by atoms with E-state index in [0.29, 0.717) is 15.1 Å². The third-order valence-electron chi connectivity index (χ3n) is 3.14. The first-order valence-corrected chi connectivity index (χ1v) is 7.77. The quantitative estimate of drug-likeness (QED) is 0.805. The van der Waals surface area contributed by atoms with Crippen molar-refractivity contribution in [2.75, 3.05) is 0 Å². The van der Waals surface area contributed by atoms with Crippen molar-refractivity contribution in [3.8, 4) is 0 Å². The van der Waals surface area contributed by atoms with Crippen LogP contribution in [0.4, 0.5) is 4.39 Å². The molecule has 0 saturated heterocycles. The number of rotatable bonds is 5. The second kappa shape index (κ2) is 7.57. The Balaban J connectivity index is 2.15. The van der Waals surface area contributed by atoms with E-state index in [-0.39, 0.29) is 12.0 Å². The van der Waals surface area contributed by atoms with E-state index in [1.165, 1.54) is 12.1 Å². The summed E-state index contributed by atoms with van der Waals surface area (Å²) in [7, 11) is 0. The Kier molecular flexibility index (Phi) is 5.74. The van der Waals surface area contributed by atoms with E-state index in [4.69, 9.17) is 11.6 Å². The van der Waals surface area contributed by atoms with Gasteiger partial charge in [0, 0.05) is 21.5 Å². The Hall–Kier alpha value is -1.92. The van der Waals surface area contributed by atoms with E-state index in [1.807, 2.05) is 0 Å². The van der Waals surface area contributed by atoms with Gasteiger partial charge in [-0.15, -0.1) is 0 Å². The van der Waals surface area contributed by atoms with Crippen molar-refractivity contribution >= 4 is 39.4 Å². The van der Waals surface area contributed by atoms with Crippen molar-refractivity contribution in [1.82, 2.24) is 5.32 Å². The van der Waals surface area contributed by atoms with Gasteiger partial charge >= 0.3 is 5.97 Å². The summed E-state index contributed by atoms with van der Waals surface area (Å²) in [6.07, 6.45) is 0.0589. The Morgan fingerprint density at radius 3 is 2.48 bits per heavy atom. The fraction of sp³-hybridized carbons (Fsp3) is 0.125. The summed E-state index contributed by atoms with van der Waals surface area (Å²) >= 11 is 9.23. The topological polar surface area (TPSA) is 66.4 Å². The minimum absolute atomic E-state index is 0.0589. The van der Waals surface area contributed by atoms with Crippen LogP contribution in [0.15, 0.2) is 46.9 Å². The van der Waals surface area contributed by atoms with Crippen LogP contribution in [-0.4, -0.2) is 23.0 Å². The van der Waals surface area contributed by atoms with E-state index in [2.05, 4.69) is 21.2 Å². The molecule has 0 saturated carbocycles. The van der Waals surface area contributed by atoms with Crippen molar-refractivity contribution in [2.24, 2.45) is 0 Å². The fourth-order valence-corrected chi connectivity index (χ4v) is 2.57. The summed E-state index contributed by atoms with van der Waals surface area (Å²) in [4.78, 5) is 23.5. The largest absolute Gasteiger partial charge is 0.480 e. The Labute approximate surface area is 145 Å². The van der Waals surface area contributed by atoms with Gasteiger partial charge in [0.05, 0.1) is 0 Å². The van der Waals surface area contributed by atoms with Gasteiger partial charge < -0.3 is 10.4 Å². The van der Waals surface area contributed by atoms with Crippen molar-refractivity contribution in [3.05, 3.63) is 68.9 Å². The SMILES string of the molecule is O=C(N[C@@H](Cc1cc(Cl)ccc1Br)C(=O)O)c1ccc(F)cc1. The van der Waals surface area contributed by atoms with Crippen LogP contribution in [0.2, 0.25) is 5.02 Å². The summed E-state index contributed by atoms with van der Waals surface area (Å²) in [6.45, 7) is 0. The van der Waals surface area contributed by atoms with Gasteiger partial charge in [-0.3, -0.25) is 4.79 Å². The molecule has 0 heterocycles. The van der Waals surface area contributed by atoms with Crippen LogP contribution in [0.25, 0.3) is 0 Å². The third kappa shape index (κ3) is 4.77. The lowest BCUT2D eigenvalue weighted by Crippen LogP contribution is -2.42. The smallest absolute Gasteiger partial charge is 0.326 e. The molecule has 0 aliphatic heterocycles. The maximum Gasteiger partial charge on any atom is 0.326 e. The molecule has 2 rings (SSSR count). The third-order valence-corrected chi connectivity index (χ3v) is 4.15. The van der Waals surface area contributed by atoms with Crippen LogP contribution >= 0.6 is 27.5 Å². The van der Waals surface area contributed by atoms with E-state index in [0.717, 1.165) is 12.1 Å². The van der Waals surface area contributed by atoms with Gasteiger partial charge in [-0.1, -0.05) is 27.5 Å². The number of halogens is 3. The number of carboxylic acid groups (broad SMARTS) is 1. The predicted octanol–water partition coefficient (Wildman–Crippen LogP) is 3.67. The molecule has 120 valence electrons. The van der Waals surface area contributed by atoms with E-state index >= 15 is 0 Å². The number of carbonyl (C=O) groups excluding carboxylic acids is 1. The summed E-state index contributed by atoms with van der Waals surface area (Å²) in [5, 5.41) is 12.2. The predicted molar refractivity (Wildman–Crippen MR) is 88.1 cm³/mol. The van der Waals surface area contributed by atoms with Gasteiger partial charge in [0.1, 0.15) is 11.9 Å². The molecule has 2 aromatic rings. The molecule has 7 heteroatoms. The molecule has 23 heavy (non-hydrogen) atoms. The normalized spacial score (nSPS) is 11.8. The average molecular weight is 401 g/mol. The van der Waals surface area contributed by atoms with Crippen molar-refractivity contribution < 1.29 is 19.1 Å². The lowest BCUT2D eigenvalue weighted by Gasteiger charge is -2.16. The zero-order valence-electron chi connectivity index (χ0n) is 11.7. The molecule has 0 bridgehead atoms. The van der Waals surface area contributed by atoms with E-state index < -0.39 is 23.7 Å². The number of carboxylic acids is 1. The molecule has 0 radical (unpaired) electrons. The molecule has 4 nitrogen and oxygen atoms in total. The number of aliphatic carboxylic acids is 1. The van der Waals surface area contributed by atoms with Gasteiger partial charge in [-0.05, 0) is 48.0 Å². The highest BCUT2D eigenvalue weighted by molar-refractivity contribution is 9.10. The molecular formula is C16H12BrClFNO3. The lowest BCUT2D eigenvalue weighted by atomic mass is 10.1. The molecule has 0 aromatic heterocycles. The van der Waals surface area contributed by atoms with Crippen LogP contribution in [0, 0.1) is 5.82 Å². The minimum Gasteiger partial charge on any atom is -0.480 e. The number of hydrogen-bond acceptors (Lipinski definition) is 2. The molecule has 2 aromatic carbocycles. The van der Waals surface area contributed by atoms with Crippen LogP contribution in [0.5, 0.6) is 0 Å². The molecule has 0 unspecified atom stereocenters. The summed E-state index contributed by atoms with van der Waals surface area (Å²) < 4.78 is 13.6. The van der Waals surface area contributed by atoms with Gasteiger partial charge in [0.2, 0.25) is 0 Å². The zero-order chi connectivity index (χ0) is 17.0. The highest BCUT2D eigenvalue weighted by Gasteiger charge is 2.22. The van der Waals surface area contributed by atoms with E-state index in [9.17, 15) is 19.1 Å². The Morgan fingerprint density at radius 1 is 1.22 bits per heavy atom. The molecule has 0 fully saturated rings. The highest BCUT2D eigenvalue weighted by atomic mass is 79.9. The molecule has 1 atom stereocenters. The van der Waals surface area contributed by atoms with Crippen LogP contribution in [0.3, 0.4) is 0 Å². The maximum atomic E-state index is 12.9. The van der Waals surface area contributed by atoms with Crippen molar-refractivity contribution in [2.45, 2.75) is 12.5 Å². The number of hydrogen-bond donors (Lipinski definition) is 2. The summed E-state index contributed by atoms with van der Waals surface area (Å²) in [6, 6.07) is 8.72. The minimum atomic E-state index is -1.17. The monoisotopic (exact) mass is 399 g/mol. The number of benzene rings is 2. The Morgan fingerprint density at radius 2 is 1.87 bits per heavy atom. The fourth-order valence-electron chi connectivity index (χ4n) is 1.96. The zero-order valence-corrected chi connectivity index (χ0v) is 14.1. The summed E-state index contributed by atoms with van der Waals surface area (Å²) in [5.74, 6) is -2.23. The number of amides is 1. The molecule has 2 N–H and O–H groups in total. The van der Waals surface area contributed by atoms with Gasteiger partial charge in [0.15, 0.2) is 0 Å². The van der Waals surface area contributed by atoms with Gasteiger partial charge in [-0.25, -0.2) is 9.18 Å². The van der Waals surface area contributed by atoms with Gasteiger partial charge in [0.25, 0.3) is 5.91 Å². The second-order valence-corrected chi connectivity index (χ2v) is 6.10. The maximum absolute atomic E-state index is 12.9. The molecule has 0 spiro atoms. The van der Waals surface area contributed by atoms with Crippen molar-refractivity contribution in [3.63, 3.8) is 0 Å². The molecule has 0 aliphatic rings. The number of nitrogens with one attached hydrogen (secondary N) is 1. The van der Waals surface area contributed by atoms with Gasteiger partial charge in [-0.2, -0.15) is 0 Å². The molecule has 1 amide bonds. The first-order valence-electron chi connectivity index (χ1n) is 6.60. The first-order chi connectivity index (χ1) is 10.9. The molecule has 0 aliphatic carbocycles. The second-order valence-electron chi connectivity index (χ2n) is 4.81. The molecular weight excluding hydrogens is 389 g/mol. The average Bonchev–Trinajstić information content (AvgIpc) is 2.50. The van der Waals surface area contributed by atoms with Crippen LogP contribution < -0.4 is 5.32 Å². The van der Waals surface area contributed by atoms with Crippen LogP contribution in [0.1, 0.15) is 15.9 Å². The summed E-state index contributed by atoms with van der Waals surface area (Å²) in [5.41, 5.74) is 0.840. The first kappa shape index (κ1) is 17.4. The standard InChI is InChI=1S/C16H12BrClFNO3/c17-13-6-3-11(18)7-10(13)8-14(16(22)23)20-15(21)9-1-4-12(19)5-2-9/h1-7,14H,8H2,(H,20,21)(H,22,23)/t14-/m0/s1. The Bertz CT molecular complexity index is 737.